The molecule has 2 N–H and O–H groups in total. The largest absolute Gasteiger partial charge is 0.322 e. The van der Waals surface area contributed by atoms with Gasteiger partial charge in [-0.1, -0.05) is 18.2 Å². The van der Waals surface area contributed by atoms with Gasteiger partial charge in [-0.15, -0.1) is 0 Å². The molecular formula is C26H29N5O2. The van der Waals surface area contributed by atoms with Crippen molar-refractivity contribution in [2.75, 3.05) is 43.9 Å². The maximum atomic E-state index is 13.0. The highest BCUT2D eigenvalue weighted by molar-refractivity contribution is 6.06. The third-order valence-corrected chi connectivity index (χ3v) is 5.86. The number of aromatic nitrogens is 1. The van der Waals surface area contributed by atoms with Crippen molar-refractivity contribution in [1.82, 2.24) is 14.8 Å². The van der Waals surface area contributed by atoms with Crippen LogP contribution in [0.1, 0.15) is 31.8 Å². The highest BCUT2D eigenvalue weighted by Crippen LogP contribution is 2.22. The first-order valence-corrected chi connectivity index (χ1v) is 11.1. The number of carbonyl (C=O) groups is 2. The Bertz CT molecular complexity index is 1120. The van der Waals surface area contributed by atoms with Gasteiger partial charge in [-0.2, -0.15) is 0 Å². The lowest BCUT2D eigenvalue weighted by Crippen LogP contribution is -2.43. The van der Waals surface area contributed by atoms with E-state index in [1.54, 1.807) is 24.4 Å². The van der Waals surface area contributed by atoms with Crippen LogP contribution in [0.2, 0.25) is 0 Å². The second-order valence-corrected chi connectivity index (χ2v) is 8.46. The summed E-state index contributed by atoms with van der Waals surface area (Å²) in [6, 6.07) is 16.7. The minimum absolute atomic E-state index is 0.172. The zero-order valence-electron chi connectivity index (χ0n) is 19.0. The molecule has 0 bridgehead atoms. The maximum absolute atomic E-state index is 13.0. The van der Waals surface area contributed by atoms with Crippen molar-refractivity contribution >= 4 is 23.2 Å². The molecule has 2 aromatic carbocycles. The molecule has 170 valence electrons. The summed E-state index contributed by atoms with van der Waals surface area (Å²) in [5, 5.41) is 5.85. The number of hydrogen-bond acceptors (Lipinski definition) is 5. The predicted octanol–water partition coefficient (Wildman–Crippen LogP) is 3.64. The van der Waals surface area contributed by atoms with Crippen LogP contribution in [-0.2, 0) is 6.54 Å². The summed E-state index contributed by atoms with van der Waals surface area (Å²) in [5.41, 5.74) is 4.39. The van der Waals surface area contributed by atoms with Gasteiger partial charge in [0.1, 0.15) is 0 Å². The van der Waals surface area contributed by atoms with Gasteiger partial charge in [0.2, 0.25) is 0 Å². The quantitative estimate of drug-likeness (QED) is 0.608. The van der Waals surface area contributed by atoms with E-state index in [9.17, 15) is 9.59 Å². The van der Waals surface area contributed by atoms with Crippen molar-refractivity contribution in [2.24, 2.45) is 0 Å². The number of carbonyl (C=O) groups excluding carboxylic acids is 2. The maximum Gasteiger partial charge on any atom is 0.257 e. The number of likely N-dealkylation sites (N-methyl/N-ethyl adjacent to an activating group) is 1. The molecule has 0 saturated carbocycles. The van der Waals surface area contributed by atoms with E-state index in [2.05, 4.69) is 38.5 Å². The van der Waals surface area contributed by atoms with Crippen molar-refractivity contribution in [3.8, 4) is 0 Å². The topological polar surface area (TPSA) is 77.6 Å². The van der Waals surface area contributed by atoms with Gasteiger partial charge in [0, 0.05) is 62.1 Å². The van der Waals surface area contributed by atoms with Crippen molar-refractivity contribution < 1.29 is 9.59 Å². The van der Waals surface area contributed by atoms with Gasteiger partial charge in [0.25, 0.3) is 11.8 Å². The lowest BCUT2D eigenvalue weighted by molar-refractivity contribution is 0.101. The van der Waals surface area contributed by atoms with Crippen molar-refractivity contribution in [3.63, 3.8) is 0 Å². The van der Waals surface area contributed by atoms with Gasteiger partial charge in [-0.3, -0.25) is 19.5 Å². The molecule has 0 spiro atoms. The number of piperazine rings is 1. The molecular weight excluding hydrogens is 414 g/mol. The first kappa shape index (κ1) is 22.6. The van der Waals surface area contributed by atoms with Gasteiger partial charge >= 0.3 is 0 Å². The molecule has 0 unspecified atom stereocenters. The first-order chi connectivity index (χ1) is 16.0. The summed E-state index contributed by atoms with van der Waals surface area (Å²) >= 11 is 0. The van der Waals surface area contributed by atoms with Crippen LogP contribution >= 0.6 is 0 Å². The molecule has 0 radical (unpaired) electrons. The normalized spacial score (nSPS) is 14.6. The van der Waals surface area contributed by atoms with E-state index >= 15 is 0 Å². The fourth-order valence-electron chi connectivity index (χ4n) is 3.80. The molecule has 1 aliphatic heterocycles. The molecule has 1 saturated heterocycles. The molecule has 2 amide bonds. The molecule has 1 aromatic heterocycles. The smallest absolute Gasteiger partial charge is 0.257 e. The second kappa shape index (κ2) is 10.4. The third-order valence-electron chi connectivity index (χ3n) is 5.86. The Balaban J connectivity index is 1.43. The fourth-order valence-corrected chi connectivity index (χ4v) is 3.80. The van der Waals surface area contributed by atoms with E-state index < -0.39 is 0 Å². The van der Waals surface area contributed by atoms with Crippen LogP contribution in [0.4, 0.5) is 11.4 Å². The van der Waals surface area contributed by atoms with E-state index in [-0.39, 0.29) is 11.8 Å². The summed E-state index contributed by atoms with van der Waals surface area (Å²) in [7, 11) is 2.14. The number of nitrogens with one attached hydrogen (secondary N) is 2. The number of anilines is 2. The van der Waals surface area contributed by atoms with Crippen LogP contribution in [-0.4, -0.2) is 59.8 Å². The predicted molar refractivity (Wildman–Crippen MR) is 131 cm³/mol. The SMILES string of the molecule is Cc1ccc(NC(=O)c2cccnc2)cc1NC(=O)c1cccc(CN2CCN(C)CC2)c1. The second-order valence-electron chi connectivity index (χ2n) is 8.46. The number of nitrogens with zero attached hydrogens (tertiary/aromatic N) is 3. The number of aryl methyl sites for hydroxylation is 1. The molecule has 7 nitrogen and oxygen atoms in total. The number of benzene rings is 2. The Labute approximate surface area is 194 Å². The van der Waals surface area contributed by atoms with Gasteiger partial charge in [0.15, 0.2) is 0 Å². The van der Waals surface area contributed by atoms with Crippen molar-refractivity contribution in [3.05, 3.63) is 89.2 Å². The molecule has 0 atom stereocenters. The third kappa shape index (κ3) is 6.03. The summed E-state index contributed by atoms with van der Waals surface area (Å²) in [6.45, 7) is 6.95. The molecule has 1 fully saturated rings. The highest BCUT2D eigenvalue weighted by Gasteiger charge is 2.15. The van der Waals surface area contributed by atoms with Crippen LogP contribution in [0.3, 0.4) is 0 Å². The van der Waals surface area contributed by atoms with E-state index in [4.69, 9.17) is 0 Å². The van der Waals surface area contributed by atoms with E-state index in [1.165, 1.54) is 6.20 Å². The molecule has 2 heterocycles. The minimum Gasteiger partial charge on any atom is -0.322 e. The lowest BCUT2D eigenvalue weighted by Gasteiger charge is -2.32. The lowest BCUT2D eigenvalue weighted by atomic mass is 10.1. The Morgan fingerprint density at radius 2 is 1.67 bits per heavy atom. The summed E-state index contributed by atoms with van der Waals surface area (Å²) in [6.07, 6.45) is 3.14. The first-order valence-electron chi connectivity index (χ1n) is 11.1. The molecule has 33 heavy (non-hydrogen) atoms. The van der Waals surface area contributed by atoms with Gasteiger partial charge in [-0.25, -0.2) is 0 Å². The van der Waals surface area contributed by atoms with E-state index in [0.717, 1.165) is 43.9 Å². The Morgan fingerprint density at radius 3 is 2.42 bits per heavy atom. The Hall–Kier alpha value is -3.55. The van der Waals surface area contributed by atoms with Crippen LogP contribution in [0, 0.1) is 6.92 Å². The van der Waals surface area contributed by atoms with Crippen LogP contribution in [0.25, 0.3) is 0 Å². The number of amides is 2. The Kier molecular flexibility index (Phi) is 7.12. The number of pyridine rings is 1. The summed E-state index contributed by atoms with van der Waals surface area (Å²) in [4.78, 5) is 34.1. The zero-order valence-corrected chi connectivity index (χ0v) is 19.0. The van der Waals surface area contributed by atoms with Crippen LogP contribution < -0.4 is 10.6 Å². The van der Waals surface area contributed by atoms with E-state index in [0.29, 0.717) is 22.5 Å². The summed E-state index contributed by atoms with van der Waals surface area (Å²) in [5.74, 6) is -0.421. The molecule has 4 rings (SSSR count). The van der Waals surface area contributed by atoms with Gasteiger partial charge in [-0.05, 0) is 61.5 Å². The molecule has 3 aromatic rings. The molecule has 0 aliphatic carbocycles. The Morgan fingerprint density at radius 1 is 0.909 bits per heavy atom. The molecule has 1 aliphatic rings. The van der Waals surface area contributed by atoms with Crippen molar-refractivity contribution in [2.45, 2.75) is 13.5 Å². The highest BCUT2D eigenvalue weighted by atomic mass is 16.2. The average Bonchev–Trinajstić information content (AvgIpc) is 2.83. The van der Waals surface area contributed by atoms with Crippen molar-refractivity contribution in [1.29, 1.82) is 0 Å². The summed E-state index contributed by atoms with van der Waals surface area (Å²) < 4.78 is 0. The van der Waals surface area contributed by atoms with Gasteiger partial charge in [0.05, 0.1) is 5.56 Å². The molecule has 7 heteroatoms. The minimum atomic E-state index is -0.249. The van der Waals surface area contributed by atoms with E-state index in [1.807, 2.05) is 37.3 Å². The number of hydrogen-bond donors (Lipinski definition) is 2. The number of rotatable bonds is 6. The van der Waals surface area contributed by atoms with Crippen LogP contribution in [0.15, 0.2) is 67.0 Å². The van der Waals surface area contributed by atoms with Crippen LogP contribution in [0.5, 0.6) is 0 Å². The average molecular weight is 444 g/mol. The zero-order chi connectivity index (χ0) is 23.2. The van der Waals surface area contributed by atoms with Gasteiger partial charge < -0.3 is 15.5 Å². The fraction of sp³-hybridized carbons (Fsp3) is 0.269. The monoisotopic (exact) mass is 443 g/mol. The standard InChI is InChI=1S/C26H29N5O2/c1-19-8-9-23(28-26(33)22-7-4-10-27-17-22)16-24(19)29-25(32)21-6-3-5-20(15-21)18-31-13-11-30(2)12-14-31/h3-10,15-17H,11-14,18H2,1-2H3,(H,28,33)(H,29,32).